The Morgan fingerprint density at radius 3 is 2.37 bits per heavy atom. The van der Waals surface area contributed by atoms with E-state index in [1.54, 1.807) is 24.3 Å². The number of halogens is 6. The molecule has 0 aliphatic carbocycles. The summed E-state index contributed by atoms with van der Waals surface area (Å²) in [6.45, 7) is 6.34. The number of thioether (sulfide) groups is 1. The SMILES string of the molecule is COC[C@@H]1CN(CCN2CCN(C(=O)c3cc(SC)cc(C(F)(F)F)c3)[C@H](Cc3ccc(Cl)cc3)C2)CCO1.Cl.Cl. The highest BCUT2D eigenvalue weighted by Crippen LogP contribution is 2.33. The second-order valence-corrected chi connectivity index (χ2v) is 11.3. The molecule has 0 N–H and O–H groups in total. The maximum absolute atomic E-state index is 13.7. The first kappa shape index (κ1) is 36.0. The van der Waals surface area contributed by atoms with Crippen molar-refractivity contribution < 1.29 is 27.4 Å². The van der Waals surface area contributed by atoms with Crippen LogP contribution in [0.4, 0.5) is 13.2 Å². The topological polar surface area (TPSA) is 45.2 Å². The van der Waals surface area contributed by atoms with E-state index in [1.165, 1.54) is 11.8 Å². The second kappa shape index (κ2) is 16.6. The highest BCUT2D eigenvalue weighted by atomic mass is 35.5. The molecule has 41 heavy (non-hydrogen) atoms. The zero-order chi connectivity index (χ0) is 28.0. The number of nitrogens with zero attached hydrogens (tertiary/aromatic N) is 3. The summed E-state index contributed by atoms with van der Waals surface area (Å²) in [5.74, 6) is -0.370. The largest absolute Gasteiger partial charge is 0.416 e. The van der Waals surface area contributed by atoms with Gasteiger partial charge >= 0.3 is 6.18 Å². The van der Waals surface area contributed by atoms with Gasteiger partial charge in [0, 0.05) is 74.4 Å². The number of rotatable bonds is 9. The maximum atomic E-state index is 13.7. The monoisotopic (exact) mass is 657 g/mol. The molecule has 6 nitrogen and oxygen atoms in total. The third-order valence-corrected chi connectivity index (χ3v) is 8.20. The fraction of sp³-hybridized carbons (Fsp3) is 0.536. The third kappa shape index (κ3) is 10.2. The standard InChI is InChI=1S/C28H35ClF3N3O3S.2ClH/c1-37-19-25-18-34(11-12-38-25)8-7-33-9-10-35(24(17-33)13-20-3-5-23(29)6-4-20)27(36)21-14-22(28(30,31)32)16-26(15-21)39-2;;/h3-6,14-16,24-25H,7-13,17-19H2,1-2H3;2*1H/t24-,25+;;/m1../s1. The summed E-state index contributed by atoms with van der Waals surface area (Å²) < 4.78 is 51.7. The lowest BCUT2D eigenvalue weighted by Crippen LogP contribution is -2.57. The van der Waals surface area contributed by atoms with Crippen LogP contribution < -0.4 is 0 Å². The Morgan fingerprint density at radius 2 is 1.73 bits per heavy atom. The van der Waals surface area contributed by atoms with Gasteiger partial charge in [0.2, 0.25) is 0 Å². The molecule has 0 unspecified atom stereocenters. The molecule has 0 radical (unpaired) electrons. The van der Waals surface area contributed by atoms with Gasteiger partial charge in [-0.3, -0.25) is 14.6 Å². The summed E-state index contributed by atoms with van der Waals surface area (Å²) in [5, 5.41) is 0.628. The van der Waals surface area contributed by atoms with Crippen molar-refractivity contribution in [3.8, 4) is 0 Å². The number of methoxy groups -OCH3 is 1. The molecule has 2 aliphatic rings. The molecule has 230 valence electrons. The number of carbonyl (C=O) groups excluding carboxylic acids is 1. The Hall–Kier alpha value is -1.24. The van der Waals surface area contributed by atoms with Crippen LogP contribution in [0, 0.1) is 0 Å². The molecular formula is C28H37Cl3F3N3O3S. The van der Waals surface area contributed by atoms with E-state index in [0.717, 1.165) is 43.9 Å². The van der Waals surface area contributed by atoms with Crippen molar-refractivity contribution in [3.05, 3.63) is 64.2 Å². The molecule has 0 spiro atoms. The summed E-state index contributed by atoms with van der Waals surface area (Å²) in [4.78, 5) is 20.6. The Balaban J connectivity index is 0.00000294. The Labute approximate surface area is 261 Å². The van der Waals surface area contributed by atoms with Gasteiger partial charge in [-0.05, 0) is 48.6 Å². The van der Waals surface area contributed by atoms with Crippen LogP contribution in [-0.2, 0) is 22.1 Å². The lowest BCUT2D eigenvalue weighted by Gasteiger charge is -2.43. The van der Waals surface area contributed by atoms with Gasteiger partial charge in [0.25, 0.3) is 5.91 Å². The summed E-state index contributed by atoms with van der Waals surface area (Å²) in [7, 11) is 1.67. The zero-order valence-corrected chi connectivity index (χ0v) is 26.3. The molecule has 0 bridgehead atoms. The van der Waals surface area contributed by atoms with Crippen LogP contribution in [0.25, 0.3) is 0 Å². The normalized spacial score (nSPS) is 20.3. The lowest BCUT2D eigenvalue weighted by atomic mass is 10.00. The number of amides is 1. The predicted octanol–water partition coefficient (Wildman–Crippen LogP) is 5.64. The molecule has 0 aromatic heterocycles. The summed E-state index contributed by atoms with van der Waals surface area (Å²) in [6, 6.07) is 10.9. The Kier molecular flexibility index (Phi) is 14.5. The van der Waals surface area contributed by atoms with Crippen LogP contribution in [-0.4, -0.2) is 105 Å². The van der Waals surface area contributed by atoms with Crippen molar-refractivity contribution in [1.82, 2.24) is 14.7 Å². The number of ether oxygens (including phenoxy) is 2. The van der Waals surface area contributed by atoms with Crippen LogP contribution in [0.15, 0.2) is 47.4 Å². The van der Waals surface area contributed by atoms with Gasteiger partial charge in [0.15, 0.2) is 0 Å². The highest BCUT2D eigenvalue weighted by Gasteiger charge is 2.35. The summed E-state index contributed by atoms with van der Waals surface area (Å²) >= 11 is 7.27. The van der Waals surface area contributed by atoms with Crippen molar-refractivity contribution >= 4 is 54.1 Å². The minimum absolute atomic E-state index is 0. The highest BCUT2D eigenvalue weighted by molar-refractivity contribution is 7.98. The lowest BCUT2D eigenvalue weighted by molar-refractivity contribution is -0.137. The molecule has 2 aromatic carbocycles. The van der Waals surface area contributed by atoms with Crippen LogP contribution in [0.5, 0.6) is 0 Å². The van der Waals surface area contributed by atoms with Crippen molar-refractivity contribution in [2.24, 2.45) is 0 Å². The Morgan fingerprint density at radius 1 is 1.05 bits per heavy atom. The van der Waals surface area contributed by atoms with Gasteiger partial charge < -0.3 is 14.4 Å². The van der Waals surface area contributed by atoms with E-state index in [-0.39, 0.29) is 48.4 Å². The summed E-state index contributed by atoms with van der Waals surface area (Å²) in [5.41, 5.74) is 0.289. The molecule has 2 heterocycles. The smallest absolute Gasteiger partial charge is 0.382 e. The van der Waals surface area contributed by atoms with Gasteiger partial charge in [-0.2, -0.15) is 13.2 Å². The molecule has 2 fully saturated rings. The minimum atomic E-state index is -4.52. The average Bonchev–Trinajstić information content (AvgIpc) is 2.92. The van der Waals surface area contributed by atoms with Crippen LogP contribution in [0.2, 0.25) is 5.02 Å². The third-order valence-electron chi connectivity index (χ3n) is 7.24. The molecule has 2 atom stereocenters. The van der Waals surface area contributed by atoms with E-state index in [9.17, 15) is 18.0 Å². The van der Waals surface area contributed by atoms with Crippen LogP contribution in [0.3, 0.4) is 0 Å². The number of hydrogen-bond donors (Lipinski definition) is 0. The number of alkyl halides is 3. The molecule has 2 saturated heterocycles. The van der Waals surface area contributed by atoms with E-state index in [0.29, 0.717) is 49.2 Å². The van der Waals surface area contributed by atoms with Gasteiger partial charge in [-0.15, -0.1) is 36.6 Å². The quantitative estimate of drug-likeness (QED) is 0.325. The number of benzene rings is 2. The number of carbonyl (C=O) groups is 1. The van der Waals surface area contributed by atoms with Gasteiger partial charge in [-0.1, -0.05) is 23.7 Å². The molecule has 2 aromatic rings. The second-order valence-electron chi connectivity index (χ2n) is 9.98. The van der Waals surface area contributed by atoms with E-state index in [2.05, 4.69) is 9.80 Å². The van der Waals surface area contributed by atoms with E-state index < -0.39 is 11.7 Å². The molecule has 0 saturated carbocycles. The van der Waals surface area contributed by atoms with Gasteiger partial charge in [0.05, 0.1) is 24.9 Å². The van der Waals surface area contributed by atoms with Crippen molar-refractivity contribution in [1.29, 1.82) is 0 Å². The fourth-order valence-electron chi connectivity index (χ4n) is 5.18. The predicted molar refractivity (Wildman–Crippen MR) is 162 cm³/mol. The number of morpholine rings is 1. The molecule has 4 rings (SSSR count). The van der Waals surface area contributed by atoms with Crippen molar-refractivity contribution in [2.45, 2.75) is 29.6 Å². The summed E-state index contributed by atoms with van der Waals surface area (Å²) in [6.07, 6.45) is -2.17. The van der Waals surface area contributed by atoms with E-state index >= 15 is 0 Å². The minimum Gasteiger partial charge on any atom is -0.382 e. The van der Waals surface area contributed by atoms with E-state index in [4.69, 9.17) is 21.1 Å². The van der Waals surface area contributed by atoms with Gasteiger partial charge in [-0.25, -0.2) is 0 Å². The van der Waals surface area contributed by atoms with Crippen molar-refractivity contribution in [3.63, 3.8) is 0 Å². The number of piperazine rings is 1. The van der Waals surface area contributed by atoms with Crippen LogP contribution in [0.1, 0.15) is 21.5 Å². The first-order chi connectivity index (χ1) is 18.7. The maximum Gasteiger partial charge on any atom is 0.416 e. The Bertz CT molecular complexity index is 1110. The molecule has 1 amide bonds. The first-order valence-electron chi connectivity index (χ1n) is 13.0. The zero-order valence-electron chi connectivity index (χ0n) is 23.1. The fourth-order valence-corrected chi connectivity index (χ4v) is 5.80. The first-order valence-corrected chi connectivity index (χ1v) is 14.6. The van der Waals surface area contributed by atoms with E-state index in [1.807, 2.05) is 24.3 Å². The number of hydrogen-bond acceptors (Lipinski definition) is 6. The molecular weight excluding hydrogens is 622 g/mol. The van der Waals surface area contributed by atoms with Gasteiger partial charge in [0.1, 0.15) is 0 Å². The molecule has 2 aliphatic heterocycles. The average molecular weight is 659 g/mol. The molecule has 13 heteroatoms. The van der Waals surface area contributed by atoms with Crippen LogP contribution >= 0.6 is 48.2 Å². The van der Waals surface area contributed by atoms with Crippen molar-refractivity contribution in [2.75, 3.05) is 72.4 Å².